The van der Waals surface area contributed by atoms with Gasteiger partial charge in [0.25, 0.3) is 0 Å². The molecular weight excluding hydrogens is 278 g/mol. The van der Waals surface area contributed by atoms with Crippen LogP contribution in [0.5, 0.6) is 11.5 Å². The Labute approximate surface area is 121 Å². The van der Waals surface area contributed by atoms with Crippen molar-refractivity contribution >= 4 is 0 Å². The van der Waals surface area contributed by atoms with Gasteiger partial charge in [0, 0.05) is 6.42 Å². The van der Waals surface area contributed by atoms with Gasteiger partial charge in [-0.1, -0.05) is 12.1 Å². The van der Waals surface area contributed by atoms with Gasteiger partial charge in [0.15, 0.2) is 11.5 Å². The summed E-state index contributed by atoms with van der Waals surface area (Å²) in [5.41, 5.74) is 0.357. The molecule has 0 aliphatic carbocycles. The van der Waals surface area contributed by atoms with Gasteiger partial charge in [0.1, 0.15) is 11.6 Å². The SMILES string of the molecule is COc1ccc(CC(O)c2c(F)cccc2F)cc1OC. The Hall–Kier alpha value is -2.14. The number of aliphatic hydroxyl groups is 1. The van der Waals surface area contributed by atoms with Crippen LogP contribution in [0, 0.1) is 11.6 Å². The van der Waals surface area contributed by atoms with Gasteiger partial charge in [-0.2, -0.15) is 0 Å². The van der Waals surface area contributed by atoms with Crippen molar-refractivity contribution in [2.45, 2.75) is 12.5 Å². The van der Waals surface area contributed by atoms with Crippen molar-refractivity contribution in [2.24, 2.45) is 0 Å². The molecule has 5 heteroatoms. The van der Waals surface area contributed by atoms with Crippen molar-refractivity contribution < 1.29 is 23.4 Å². The maximum atomic E-state index is 13.6. The number of ether oxygens (including phenoxy) is 2. The predicted octanol–water partition coefficient (Wildman–Crippen LogP) is 3.26. The molecule has 0 radical (unpaired) electrons. The van der Waals surface area contributed by atoms with Crippen LogP contribution in [0.25, 0.3) is 0 Å². The fourth-order valence-corrected chi connectivity index (χ4v) is 2.16. The lowest BCUT2D eigenvalue weighted by atomic mass is 10.00. The summed E-state index contributed by atoms with van der Waals surface area (Å²) in [5, 5.41) is 10.1. The predicted molar refractivity (Wildman–Crippen MR) is 74.6 cm³/mol. The van der Waals surface area contributed by atoms with E-state index in [9.17, 15) is 13.9 Å². The molecule has 0 spiro atoms. The Bertz CT molecular complexity index is 609. The zero-order valence-electron chi connectivity index (χ0n) is 11.8. The minimum Gasteiger partial charge on any atom is -0.493 e. The van der Waals surface area contributed by atoms with Crippen molar-refractivity contribution in [3.8, 4) is 11.5 Å². The van der Waals surface area contributed by atoms with Crippen molar-refractivity contribution in [3.05, 3.63) is 59.2 Å². The first kappa shape index (κ1) is 15.3. The van der Waals surface area contributed by atoms with Gasteiger partial charge in [-0.25, -0.2) is 8.78 Å². The van der Waals surface area contributed by atoms with E-state index in [0.29, 0.717) is 17.1 Å². The van der Waals surface area contributed by atoms with E-state index in [0.717, 1.165) is 12.1 Å². The Kier molecular flexibility index (Phi) is 4.75. The van der Waals surface area contributed by atoms with Crippen molar-refractivity contribution in [1.82, 2.24) is 0 Å². The maximum absolute atomic E-state index is 13.6. The monoisotopic (exact) mass is 294 g/mol. The highest BCUT2D eigenvalue weighted by atomic mass is 19.1. The first-order chi connectivity index (χ1) is 10.1. The summed E-state index contributed by atoms with van der Waals surface area (Å²) in [6.45, 7) is 0. The molecule has 2 rings (SSSR count). The molecule has 0 saturated heterocycles. The molecule has 2 aromatic rings. The lowest BCUT2D eigenvalue weighted by Crippen LogP contribution is -2.07. The third kappa shape index (κ3) is 3.31. The molecule has 1 unspecified atom stereocenters. The number of benzene rings is 2. The summed E-state index contributed by atoms with van der Waals surface area (Å²) in [6.07, 6.45) is -1.21. The second-order valence-electron chi connectivity index (χ2n) is 4.54. The van der Waals surface area contributed by atoms with E-state index < -0.39 is 17.7 Å². The molecule has 3 nitrogen and oxygen atoms in total. The average molecular weight is 294 g/mol. The molecular formula is C16H16F2O3. The normalized spacial score (nSPS) is 12.0. The Balaban J connectivity index is 2.25. The Morgan fingerprint density at radius 3 is 2.19 bits per heavy atom. The first-order valence-electron chi connectivity index (χ1n) is 6.39. The molecule has 0 aliphatic rings. The minimum absolute atomic E-state index is 0.0677. The van der Waals surface area contributed by atoms with Crippen molar-refractivity contribution in [3.63, 3.8) is 0 Å². The van der Waals surface area contributed by atoms with Crippen LogP contribution in [0.2, 0.25) is 0 Å². The Morgan fingerprint density at radius 2 is 1.62 bits per heavy atom. The highest BCUT2D eigenvalue weighted by Gasteiger charge is 2.18. The first-order valence-corrected chi connectivity index (χ1v) is 6.39. The molecule has 0 aromatic heterocycles. The van der Waals surface area contributed by atoms with E-state index in [1.165, 1.54) is 20.3 Å². The van der Waals surface area contributed by atoms with E-state index in [2.05, 4.69) is 0 Å². The van der Waals surface area contributed by atoms with Crippen LogP contribution in [0.4, 0.5) is 8.78 Å². The van der Waals surface area contributed by atoms with Crippen molar-refractivity contribution in [2.75, 3.05) is 14.2 Å². The van der Waals surface area contributed by atoms with Crippen LogP contribution in [-0.2, 0) is 6.42 Å². The average Bonchev–Trinajstić information content (AvgIpc) is 2.46. The molecule has 0 aliphatic heterocycles. The van der Waals surface area contributed by atoms with Gasteiger partial charge in [0.05, 0.1) is 25.9 Å². The van der Waals surface area contributed by atoms with Crippen LogP contribution in [0.1, 0.15) is 17.2 Å². The van der Waals surface area contributed by atoms with Crippen LogP contribution in [-0.4, -0.2) is 19.3 Å². The standard InChI is InChI=1S/C16H16F2O3/c1-20-14-7-6-10(9-15(14)21-2)8-13(19)16-11(17)4-3-5-12(16)18/h3-7,9,13,19H,8H2,1-2H3. The lowest BCUT2D eigenvalue weighted by molar-refractivity contribution is 0.168. The number of hydrogen-bond donors (Lipinski definition) is 1. The van der Waals surface area contributed by atoms with Gasteiger partial charge in [-0.3, -0.25) is 0 Å². The highest BCUT2D eigenvalue weighted by Crippen LogP contribution is 2.30. The van der Waals surface area contributed by atoms with Crippen molar-refractivity contribution in [1.29, 1.82) is 0 Å². The van der Waals surface area contributed by atoms with Crippen LogP contribution < -0.4 is 9.47 Å². The minimum atomic E-state index is -1.27. The summed E-state index contributed by atoms with van der Waals surface area (Å²) < 4.78 is 37.5. The molecule has 112 valence electrons. The van der Waals surface area contributed by atoms with Gasteiger partial charge < -0.3 is 14.6 Å². The molecule has 0 fully saturated rings. The van der Waals surface area contributed by atoms with Gasteiger partial charge >= 0.3 is 0 Å². The highest BCUT2D eigenvalue weighted by molar-refractivity contribution is 5.43. The van der Waals surface area contributed by atoms with Gasteiger partial charge in [0.2, 0.25) is 0 Å². The zero-order chi connectivity index (χ0) is 15.4. The second-order valence-corrected chi connectivity index (χ2v) is 4.54. The molecule has 0 bridgehead atoms. The summed E-state index contributed by atoms with van der Waals surface area (Å²) in [5.74, 6) is -0.477. The fourth-order valence-electron chi connectivity index (χ4n) is 2.16. The molecule has 0 amide bonds. The van der Waals surface area contributed by atoms with Gasteiger partial charge in [-0.05, 0) is 29.8 Å². The third-order valence-electron chi connectivity index (χ3n) is 3.21. The zero-order valence-corrected chi connectivity index (χ0v) is 11.8. The number of halogens is 2. The number of rotatable bonds is 5. The van der Waals surface area contributed by atoms with E-state index >= 15 is 0 Å². The van der Waals surface area contributed by atoms with Crippen LogP contribution in [0.3, 0.4) is 0 Å². The maximum Gasteiger partial charge on any atom is 0.160 e. The molecule has 21 heavy (non-hydrogen) atoms. The molecule has 0 saturated carbocycles. The summed E-state index contributed by atoms with van der Waals surface area (Å²) in [6, 6.07) is 8.56. The molecule has 2 aromatic carbocycles. The molecule has 1 N–H and O–H groups in total. The quantitative estimate of drug-likeness (QED) is 0.920. The number of aliphatic hydroxyl groups excluding tert-OH is 1. The number of hydrogen-bond acceptors (Lipinski definition) is 3. The summed E-state index contributed by atoms with van der Waals surface area (Å²) >= 11 is 0. The Morgan fingerprint density at radius 1 is 1.00 bits per heavy atom. The smallest absolute Gasteiger partial charge is 0.160 e. The van der Waals surface area contributed by atoms with E-state index in [1.54, 1.807) is 18.2 Å². The summed E-state index contributed by atoms with van der Waals surface area (Å²) in [4.78, 5) is 0. The largest absolute Gasteiger partial charge is 0.493 e. The van der Waals surface area contributed by atoms with E-state index in [1.807, 2.05) is 0 Å². The number of methoxy groups -OCH3 is 2. The summed E-state index contributed by atoms with van der Waals surface area (Å²) in [7, 11) is 3.01. The molecule has 0 heterocycles. The lowest BCUT2D eigenvalue weighted by Gasteiger charge is -2.14. The van der Waals surface area contributed by atoms with Crippen LogP contribution >= 0.6 is 0 Å². The third-order valence-corrected chi connectivity index (χ3v) is 3.21. The van der Waals surface area contributed by atoms with Crippen LogP contribution in [0.15, 0.2) is 36.4 Å². The van der Waals surface area contributed by atoms with E-state index in [-0.39, 0.29) is 12.0 Å². The fraction of sp³-hybridized carbons (Fsp3) is 0.250. The second kappa shape index (κ2) is 6.54. The van der Waals surface area contributed by atoms with E-state index in [4.69, 9.17) is 9.47 Å². The molecule has 1 atom stereocenters. The van der Waals surface area contributed by atoms with Gasteiger partial charge in [-0.15, -0.1) is 0 Å². The topological polar surface area (TPSA) is 38.7 Å².